The van der Waals surface area contributed by atoms with Crippen molar-refractivity contribution >= 4 is 32.6 Å². The van der Waals surface area contributed by atoms with Crippen LogP contribution in [-0.4, -0.2) is 128 Å². The third-order valence-corrected chi connectivity index (χ3v) is 9.25. The topological polar surface area (TPSA) is 312 Å². The SMILES string of the molecule is Nc1ncnc2c1ncn2[C@@H]1O[C@H](COP(=O)(O)OP(=O)(O)O[C@@H]2OC(CO)([C@H](O)CO)CC(O)C2O)C(F)C[C@@H]1O. The van der Waals surface area contributed by atoms with E-state index in [4.69, 9.17) is 15.2 Å². The summed E-state index contributed by atoms with van der Waals surface area (Å²) in [6.07, 6.45) is -13.2. The molecule has 2 aromatic heterocycles. The molecular formula is C19H30FN5O15P2. The van der Waals surface area contributed by atoms with Gasteiger partial charge in [0.05, 0.1) is 32.3 Å². The van der Waals surface area contributed by atoms with Crippen LogP contribution in [0.2, 0.25) is 0 Å². The average molecular weight is 649 g/mol. The van der Waals surface area contributed by atoms with Crippen LogP contribution in [0.5, 0.6) is 0 Å². The molecule has 4 rings (SSSR count). The third-order valence-electron chi connectivity index (χ3n) is 6.65. The van der Waals surface area contributed by atoms with E-state index in [2.05, 4.69) is 28.3 Å². The summed E-state index contributed by atoms with van der Waals surface area (Å²) < 4.78 is 64.9. The molecule has 11 atom stereocenters. The van der Waals surface area contributed by atoms with Crippen LogP contribution in [0.4, 0.5) is 10.2 Å². The minimum atomic E-state index is -5.70. The summed E-state index contributed by atoms with van der Waals surface area (Å²) in [6.45, 7) is -3.08. The van der Waals surface area contributed by atoms with E-state index in [9.17, 15) is 53.9 Å². The van der Waals surface area contributed by atoms with E-state index in [0.717, 1.165) is 6.33 Å². The summed E-state index contributed by atoms with van der Waals surface area (Å²) in [5.41, 5.74) is 3.87. The summed E-state index contributed by atoms with van der Waals surface area (Å²) in [6, 6.07) is 0. The lowest BCUT2D eigenvalue weighted by atomic mass is 9.86. The second kappa shape index (κ2) is 12.7. The molecule has 0 spiro atoms. The minimum Gasteiger partial charge on any atom is -0.394 e. The van der Waals surface area contributed by atoms with Crippen molar-refractivity contribution in [1.29, 1.82) is 0 Å². The van der Waals surface area contributed by atoms with Gasteiger partial charge in [-0.2, -0.15) is 4.31 Å². The number of fused-ring (bicyclic) bond motifs is 1. The molecule has 238 valence electrons. The van der Waals surface area contributed by atoms with Gasteiger partial charge in [-0.1, -0.05) is 0 Å². The highest BCUT2D eigenvalue weighted by Gasteiger charge is 2.53. The maximum absolute atomic E-state index is 14.7. The molecule has 0 radical (unpaired) electrons. The molecule has 0 aromatic carbocycles. The number of ether oxygens (including phenoxy) is 2. The molecule has 0 aliphatic carbocycles. The molecule has 2 fully saturated rings. The van der Waals surface area contributed by atoms with Crippen molar-refractivity contribution in [2.45, 2.75) is 67.7 Å². The second-order valence-electron chi connectivity index (χ2n) is 9.56. The number of anilines is 1. The quantitative estimate of drug-likeness (QED) is 0.111. The van der Waals surface area contributed by atoms with Gasteiger partial charge in [-0.05, 0) is 0 Å². The number of aromatic nitrogens is 4. The van der Waals surface area contributed by atoms with Crippen molar-refractivity contribution in [2.75, 3.05) is 25.6 Å². The fraction of sp³-hybridized carbons (Fsp3) is 0.737. The highest BCUT2D eigenvalue weighted by molar-refractivity contribution is 7.61. The van der Waals surface area contributed by atoms with Crippen LogP contribution in [0.1, 0.15) is 19.1 Å². The molecule has 2 aliphatic rings. The maximum atomic E-state index is 14.7. The lowest BCUT2D eigenvalue weighted by Gasteiger charge is -2.46. The van der Waals surface area contributed by atoms with E-state index in [1.54, 1.807) is 0 Å². The molecular weight excluding hydrogens is 619 g/mol. The van der Waals surface area contributed by atoms with E-state index < -0.39 is 103 Å². The van der Waals surface area contributed by atoms with Crippen LogP contribution in [0.25, 0.3) is 11.2 Å². The largest absolute Gasteiger partial charge is 0.483 e. The van der Waals surface area contributed by atoms with E-state index in [0.29, 0.717) is 0 Å². The van der Waals surface area contributed by atoms with E-state index >= 15 is 0 Å². The molecule has 10 N–H and O–H groups in total. The van der Waals surface area contributed by atoms with Crippen LogP contribution in [0.15, 0.2) is 12.7 Å². The number of phosphoric acid groups is 2. The lowest BCUT2D eigenvalue weighted by molar-refractivity contribution is -0.307. The number of aliphatic hydroxyl groups excluding tert-OH is 6. The van der Waals surface area contributed by atoms with Crippen molar-refractivity contribution in [3.8, 4) is 0 Å². The first kappa shape index (κ1) is 33.1. The van der Waals surface area contributed by atoms with Crippen LogP contribution in [0.3, 0.4) is 0 Å². The predicted molar refractivity (Wildman–Crippen MR) is 131 cm³/mol. The van der Waals surface area contributed by atoms with Crippen molar-refractivity contribution in [3.63, 3.8) is 0 Å². The zero-order valence-corrected chi connectivity index (χ0v) is 23.2. The zero-order chi connectivity index (χ0) is 31.0. The Labute approximate surface area is 235 Å². The Kier molecular flexibility index (Phi) is 10.00. The third kappa shape index (κ3) is 6.96. The first-order valence-electron chi connectivity index (χ1n) is 12.2. The van der Waals surface area contributed by atoms with Gasteiger partial charge in [0.25, 0.3) is 0 Å². The van der Waals surface area contributed by atoms with E-state index in [1.807, 2.05) is 0 Å². The molecule has 23 heteroatoms. The summed E-state index contributed by atoms with van der Waals surface area (Å²) in [5.74, 6) is 0.0219. The molecule has 42 heavy (non-hydrogen) atoms. The number of nitrogens with two attached hydrogens (primary N) is 1. The number of rotatable bonds is 11. The number of nitrogen functional groups attached to an aromatic ring is 1. The number of imidazole rings is 1. The van der Waals surface area contributed by atoms with Crippen molar-refractivity contribution < 1.29 is 76.8 Å². The summed E-state index contributed by atoms with van der Waals surface area (Å²) in [5, 5.41) is 59.4. The molecule has 2 aliphatic heterocycles. The molecule has 0 amide bonds. The van der Waals surface area contributed by atoms with Crippen LogP contribution >= 0.6 is 15.6 Å². The number of hydrogen-bond acceptors (Lipinski definition) is 17. The monoisotopic (exact) mass is 649 g/mol. The van der Waals surface area contributed by atoms with Crippen molar-refractivity contribution in [2.24, 2.45) is 0 Å². The Morgan fingerprint density at radius 3 is 2.55 bits per heavy atom. The number of hydrogen-bond donors (Lipinski definition) is 9. The van der Waals surface area contributed by atoms with Gasteiger partial charge in [0.2, 0.25) is 0 Å². The van der Waals surface area contributed by atoms with Gasteiger partial charge in [0.1, 0.15) is 48.0 Å². The molecule has 0 bridgehead atoms. The average Bonchev–Trinajstić information content (AvgIpc) is 3.34. The fourth-order valence-electron chi connectivity index (χ4n) is 4.45. The minimum absolute atomic E-state index is 0.0219. The fourth-order valence-corrected chi connectivity index (χ4v) is 6.61. The normalized spacial score (nSPS) is 35.9. The molecule has 2 saturated heterocycles. The maximum Gasteiger partial charge on any atom is 0.483 e. The van der Waals surface area contributed by atoms with Gasteiger partial charge in [0.15, 0.2) is 24.0 Å². The second-order valence-corrected chi connectivity index (χ2v) is 12.6. The standard InChI is InChI=1S/C19H30FN5O15P2/c20-8-1-9(28)17(25-7-24-13-15(21)22-6-23-16(13)25)37-11(8)4-36-41(32,33)40-42(34,35)39-18-14(31)10(29)2-19(5-27,38-18)12(30)3-26/h6-12,14,17-18,26-31H,1-5H2,(H,32,33)(H,34,35)(H2,21,22,23)/t8?,9-,10?,11+,12+,14?,17+,18-,19?/m0/s1. The van der Waals surface area contributed by atoms with Crippen LogP contribution in [0, 0.1) is 0 Å². The Morgan fingerprint density at radius 1 is 1.17 bits per heavy atom. The molecule has 4 heterocycles. The molecule has 6 unspecified atom stereocenters. The Bertz CT molecular complexity index is 1340. The highest BCUT2D eigenvalue weighted by atomic mass is 31.3. The first-order valence-corrected chi connectivity index (χ1v) is 15.1. The first-order chi connectivity index (χ1) is 19.6. The zero-order valence-electron chi connectivity index (χ0n) is 21.4. The van der Waals surface area contributed by atoms with Gasteiger partial charge in [-0.3, -0.25) is 13.6 Å². The number of phosphoric ester groups is 2. The van der Waals surface area contributed by atoms with Crippen molar-refractivity contribution in [1.82, 2.24) is 19.5 Å². The number of aliphatic hydroxyl groups is 6. The number of alkyl halides is 1. The molecule has 2 aromatic rings. The highest BCUT2D eigenvalue weighted by Crippen LogP contribution is 2.61. The van der Waals surface area contributed by atoms with Crippen LogP contribution < -0.4 is 5.73 Å². The van der Waals surface area contributed by atoms with Gasteiger partial charge in [-0.25, -0.2) is 28.5 Å². The Morgan fingerprint density at radius 2 is 1.88 bits per heavy atom. The van der Waals surface area contributed by atoms with Gasteiger partial charge in [0, 0.05) is 12.8 Å². The van der Waals surface area contributed by atoms with Gasteiger partial charge < -0.3 is 55.6 Å². The van der Waals surface area contributed by atoms with Gasteiger partial charge >= 0.3 is 15.6 Å². The van der Waals surface area contributed by atoms with Gasteiger partial charge in [-0.15, -0.1) is 0 Å². The summed E-state index contributed by atoms with van der Waals surface area (Å²) in [4.78, 5) is 31.9. The Balaban J connectivity index is 1.41. The van der Waals surface area contributed by atoms with Crippen LogP contribution in [-0.2, 0) is 32.0 Å². The lowest BCUT2D eigenvalue weighted by Crippen LogP contribution is -2.62. The van der Waals surface area contributed by atoms with E-state index in [-0.39, 0.29) is 17.0 Å². The number of halogens is 1. The predicted octanol–water partition coefficient (Wildman–Crippen LogP) is -2.80. The summed E-state index contributed by atoms with van der Waals surface area (Å²) >= 11 is 0. The number of nitrogens with zero attached hydrogens (tertiary/aromatic N) is 4. The summed E-state index contributed by atoms with van der Waals surface area (Å²) in [7, 11) is -11.3. The Hall–Kier alpha value is -1.78. The molecule has 20 nitrogen and oxygen atoms in total. The molecule has 0 saturated carbocycles. The van der Waals surface area contributed by atoms with E-state index in [1.165, 1.54) is 10.9 Å². The van der Waals surface area contributed by atoms with Crippen molar-refractivity contribution in [3.05, 3.63) is 12.7 Å². The smallest absolute Gasteiger partial charge is 0.394 e.